The molecule has 0 aromatic heterocycles. The minimum Gasteiger partial charge on any atom is -0.382 e. The summed E-state index contributed by atoms with van der Waals surface area (Å²) in [7, 11) is 1.76. The molecule has 0 amide bonds. The highest BCUT2D eigenvalue weighted by atomic mass is 16.5. The second kappa shape index (κ2) is 6.81. The number of methoxy groups -OCH3 is 1. The molecule has 0 heterocycles. The molecular formula is C9H18O. The van der Waals surface area contributed by atoms with E-state index in [1.54, 1.807) is 7.11 Å². The molecule has 0 bridgehead atoms. The van der Waals surface area contributed by atoms with Gasteiger partial charge in [-0.1, -0.05) is 12.2 Å². The number of hydrogen-bond donors (Lipinski definition) is 0. The average molecular weight is 142 g/mol. The molecule has 0 rings (SSSR count). The van der Waals surface area contributed by atoms with E-state index >= 15 is 0 Å². The molecule has 1 heteroatoms. The van der Waals surface area contributed by atoms with Gasteiger partial charge in [0.15, 0.2) is 0 Å². The van der Waals surface area contributed by atoms with Gasteiger partial charge in [-0.15, -0.1) is 0 Å². The van der Waals surface area contributed by atoms with E-state index in [0.29, 0.717) is 6.10 Å². The second-order valence-electron chi connectivity index (χ2n) is 2.55. The molecule has 0 saturated heterocycles. The Bertz CT molecular complexity index is 86.7. The lowest BCUT2D eigenvalue weighted by Gasteiger charge is -2.06. The summed E-state index contributed by atoms with van der Waals surface area (Å²) in [4.78, 5) is 0. The van der Waals surface area contributed by atoms with Crippen LogP contribution >= 0.6 is 0 Å². The van der Waals surface area contributed by atoms with Crippen LogP contribution in [0.1, 0.15) is 33.1 Å². The van der Waals surface area contributed by atoms with E-state index in [-0.39, 0.29) is 0 Å². The maximum atomic E-state index is 5.11. The van der Waals surface area contributed by atoms with Crippen LogP contribution in [0.4, 0.5) is 0 Å². The summed E-state index contributed by atoms with van der Waals surface area (Å²) < 4.78 is 5.11. The van der Waals surface area contributed by atoms with Crippen molar-refractivity contribution in [1.29, 1.82) is 0 Å². The van der Waals surface area contributed by atoms with E-state index in [1.165, 1.54) is 19.3 Å². The summed E-state index contributed by atoms with van der Waals surface area (Å²) in [6.07, 6.45) is 8.30. The van der Waals surface area contributed by atoms with Gasteiger partial charge in [-0.25, -0.2) is 0 Å². The number of unbranched alkanes of at least 4 members (excludes halogenated alkanes) is 1. The topological polar surface area (TPSA) is 9.23 Å². The van der Waals surface area contributed by atoms with Crippen molar-refractivity contribution in [2.75, 3.05) is 7.11 Å². The zero-order valence-corrected chi connectivity index (χ0v) is 7.26. The number of rotatable bonds is 5. The minimum absolute atomic E-state index is 0.422. The lowest BCUT2D eigenvalue weighted by atomic mass is 10.2. The molecule has 1 atom stereocenters. The third-order valence-electron chi connectivity index (χ3n) is 1.62. The molecule has 0 radical (unpaired) electrons. The summed E-state index contributed by atoms with van der Waals surface area (Å²) >= 11 is 0. The van der Waals surface area contributed by atoms with Crippen LogP contribution in [-0.4, -0.2) is 13.2 Å². The Morgan fingerprint density at radius 3 is 2.70 bits per heavy atom. The monoisotopic (exact) mass is 142 g/mol. The molecule has 0 unspecified atom stereocenters. The van der Waals surface area contributed by atoms with Crippen LogP contribution in [0.25, 0.3) is 0 Å². The largest absolute Gasteiger partial charge is 0.382 e. The summed E-state index contributed by atoms with van der Waals surface area (Å²) in [6, 6.07) is 0. The van der Waals surface area contributed by atoms with Crippen LogP contribution in [0.15, 0.2) is 12.2 Å². The first-order valence-corrected chi connectivity index (χ1v) is 3.95. The van der Waals surface area contributed by atoms with Gasteiger partial charge in [0.2, 0.25) is 0 Å². The fraction of sp³-hybridized carbons (Fsp3) is 0.778. The van der Waals surface area contributed by atoms with E-state index in [0.717, 1.165) is 0 Å². The highest BCUT2D eigenvalue weighted by Crippen LogP contribution is 2.03. The van der Waals surface area contributed by atoms with Crippen molar-refractivity contribution in [1.82, 2.24) is 0 Å². The summed E-state index contributed by atoms with van der Waals surface area (Å²) in [5, 5.41) is 0. The quantitative estimate of drug-likeness (QED) is 0.423. The van der Waals surface area contributed by atoms with Gasteiger partial charge in [0.1, 0.15) is 0 Å². The van der Waals surface area contributed by atoms with Crippen LogP contribution in [-0.2, 0) is 4.74 Å². The predicted molar refractivity (Wildman–Crippen MR) is 45.1 cm³/mol. The molecule has 0 N–H and O–H groups in total. The summed E-state index contributed by atoms with van der Waals surface area (Å²) in [6.45, 7) is 4.16. The van der Waals surface area contributed by atoms with Crippen molar-refractivity contribution in [3.63, 3.8) is 0 Å². The predicted octanol–water partition coefficient (Wildman–Crippen LogP) is 2.77. The van der Waals surface area contributed by atoms with Crippen molar-refractivity contribution in [3.8, 4) is 0 Å². The van der Waals surface area contributed by atoms with Crippen LogP contribution in [0.3, 0.4) is 0 Å². The smallest absolute Gasteiger partial charge is 0.0543 e. The Morgan fingerprint density at radius 1 is 1.50 bits per heavy atom. The third kappa shape index (κ3) is 5.83. The number of ether oxygens (including phenoxy) is 1. The Kier molecular flexibility index (Phi) is 6.61. The molecule has 10 heavy (non-hydrogen) atoms. The minimum atomic E-state index is 0.422. The van der Waals surface area contributed by atoms with Crippen molar-refractivity contribution >= 4 is 0 Å². The molecule has 1 nitrogen and oxygen atoms in total. The van der Waals surface area contributed by atoms with Gasteiger partial charge >= 0.3 is 0 Å². The maximum Gasteiger partial charge on any atom is 0.0543 e. The molecule has 0 aliphatic rings. The van der Waals surface area contributed by atoms with Crippen LogP contribution < -0.4 is 0 Å². The lowest BCUT2D eigenvalue weighted by molar-refractivity contribution is 0.109. The van der Waals surface area contributed by atoms with Gasteiger partial charge < -0.3 is 4.74 Å². The Morgan fingerprint density at radius 2 is 2.20 bits per heavy atom. The summed E-state index contributed by atoms with van der Waals surface area (Å²) in [5.74, 6) is 0. The molecule has 60 valence electrons. The van der Waals surface area contributed by atoms with Gasteiger partial charge in [-0.05, 0) is 33.1 Å². The zero-order valence-electron chi connectivity index (χ0n) is 7.26. The van der Waals surface area contributed by atoms with Gasteiger partial charge in [0, 0.05) is 7.11 Å². The first-order valence-electron chi connectivity index (χ1n) is 3.95. The fourth-order valence-electron chi connectivity index (χ4n) is 0.808. The van der Waals surface area contributed by atoms with Crippen molar-refractivity contribution < 1.29 is 4.74 Å². The van der Waals surface area contributed by atoms with Gasteiger partial charge in [0.05, 0.1) is 6.10 Å². The lowest BCUT2D eigenvalue weighted by Crippen LogP contribution is -2.03. The van der Waals surface area contributed by atoms with E-state index in [2.05, 4.69) is 26.0 Å². The van der Waals surface area contributed by atoms with E-state index in [1.807, 2.05) is 0 Å². The van der Waals surface area contributed by atoms with Gasteiger partial charge in [-0.2, -0.15) is 0 Å². The third-order valence-corrected chi connectivity index (χ3v) is 1.62. The maximum absolute atomic E-state index is 5.11. The highest BCUT2D eigenvalue weighted by Gasteiger charge is 1.95. The SMILES string of the molecule is C/C=C/CCC[C@@H](C)OC. The van der Waals surface area contributed by atoms with E-state index in [9.17, 15) is 0 Å². The first-order chi connectivity index (χ1) is 4.81. The van der Waals surface area contributed by atoms with E-state index < -0.39 is 0 Å². The van der Waals surface area contributed by atoms with Gasteiger partial charge in [-0.3, -0.25) is 0 Å². The van der Waals surface area contributed by atoms with Gasteiger partial charge in [0.25, 0.3) is 0 Å². The van der Waals surface area contributed by atoms with Crippen LogP contribution in [0.5, 0.6) is 0 Å². The van der Waals surface area contributed by atoms with Crippen LogP contribution in [0, 0.1) is 0 Å². The van der Waals surface area contributed by atoms with Crippen molar-refractivity contribution in [3.05, 3.63) is 12.2 Å². The standard InChI is InChI=1S/C9H18O/c1-4-5-6-7-8-9(2)10-3/h4-5,9H,6-8H2,1-3H3/b5-4+/t9-/m1/s1. The number of hydrogen-bond acceptors (Lipinski definition) is 1. The van der Waals surface area contributed by atoms with Crippen LogP contribution in [0.2, 0.25) is 0 Å². The molecular weight excluding hydrogens is 124 g/mol. The molecule has 0 aliphatic heterocycles. The second-order valence-corrected chi connectivity index (χ2v) is 2.55. The average Bonchev–Trinajstić information content (AvgIpc) is 1.98. The molecule has 0 saturated carbocycles. The normalized spacial score (nSPS) is 14.3. The number of allylic oxidation sites excluding steroid dienone is 2. The molecule has 0 fully saturated rings. The first kappa shape index (κ1) is 9.70. The summed E-state index contributed by atoms with van der Waals surface area (Å²) in [5.41, 5.74) is 0. The Labute approximate surface area is 64.1 Å². The van der Waals surface area contributed by atoms with Crippen molar-refractivity contribution in [2.45, 2.75) is 39.2 Å². The van der Waals surface area contributed by atoms with E-state index in [4.69, 9.17) is 4.74 Å². The fourth-order valence-corrected chi connectivity index (χ4v) is 0.808. The zero-order chi connectivity index (χ0) is 7.82. The molecule has 0 aromatic rings. The molecule has 0 aromatic carbocycles. The highest BCUT2D eigenvalue weighted by molar-refractivity contribution is 4.76. The molecule has 0 spiro atoms. The molecule has 0 aliphatic carbocycles. The van der Waals surface area contributed by atoms with Crippen molar-refractivity contribution in [2.24, 2.45) is 0 Å². The Balaban J connectivity index is 3.03. The Hall–Kier alpha value is -0.300.